The zero-order valence-electron chi connectivity index (χ0n) is 13.1. The molecule has 3 nitrogen and oxygen atoms in total. The van der Waals surface area contributed by atoms with Gasteiger partial charge in [-0.25, -0.2) is 0 Å². The summed E-state index contributed by atoms with van der Waals surface area (Å²) in [4.78, 5) is 19.6. The molecule has 3 aromatic carbocycles. The molecule has 0 aromatic heterocycles. The molecular formula is C21H16N2O. The van der Waals surface area contributed by atoms with Gasteiger partial charge in [-0.05, 0) is 29.8 Å². The molecule has 4 rings (SSSR count). The highest BCUT2D eigenvalue weighted by atomic mass is 16.2. The van der Waals surface area contributed by atoms with Gasteiger partial charge in [0.25, 0.3) is 5.91 Å². The van der Waals surface area contributed by atoms with Gasteiger partial charge >= 0.3 is 0 Å². The normalized spacial score (nSPS) is 13.9. The zero-order chi connectivity index (χ0) is 16.4. The number of amides is 1. The molecule has 0 N–H and O–H groups in total. The van der Waals surface area contributed by atoms with Gasteiger partial charge in [0, 0.05) is 5.69 Å². The number of carbonyl (C=O) groups excluding carboxylic acids is 1. The van der Waals surface area contributed by atoms with Crippen LogP contribution in [0.25, 0.3) is 0 Å². The second-order valence-electron chi connectivity index (χ2n) is 5.67. The van der Waals surface area contributed by atoms with Crippen LogP contribution in [0, 0.1) is 0 Å². The van der Waals surface area contributed by atoms with Crippen LogP contribution in [0.2, 0.25) is 0 Å². The molecule has 0 atom stereocenters. The quantitative estimate of drug-likeness (QED) is 0.687. The minimum absolute atomic E-state index is 0.0218. The van der Waals surface area contributed by atoms with E-state index >= 15 is 0 Å². The first-order valence-corrected chi connectivity index (χ1v) is 7.92. The molecule has 0 bridgehead atoms. The second kappa shape index (κ2) is 6.13. The van der Waals surface area contributed by atoms with Gasteiger partial charge in [-0.1, -0.05) is 60.7 Å². The fourth-order valence-electron chi connectivity index (χ4n) is 2.90. The van der Waals surface area contributed by atoms with Crippen molar-refractivity contribution in [2.45, 2.75) is 0 Å². The number of aliphatic imine (C=N–C) groups is 1. The van der Waals surface area contributed by atoms with Crippen LogP contribution < -0.4 is 4.90 Å². The fourth-order valence-corrected chi connectivity index (χ4v) is 2.90. The Bertz CT molecular complexity index is 901. The summed E-state index contributed by atoms with van der Waals surface area (Å²) in [6.45, 7) is 0.446. The third kappa shape index (κ3) is 2.61. The second-order valence-corrected chi connectivity index (χ2v) is 5.67. The highest BCUT2D eigenvalue weighted by Gasteiger charge is 2.25. The number of para-hydroxylation sites is 2. The van der Waals surface area contributed by atoms with E-state index in [1.807, 2.05) is 84.9 Å². The standard InChI is InChI=1S/C21H16N2O/c24-21-18-13-7-8-14-19(18)22-20(16-9-3-1-4-10-16)15-23(21)17-11-5-2-6-12-17/h1-14H,15H2. The van der Waals surface area contributed by atoms with Crippen molar-refractivity contribution in [3.8, 4) is 0 Å². The van der Waals surface area contributed by atoms with Crippen LogP contribution in [-0.4, -0.2) is 18.2 Å². The van der Waals surface area contributed by atoms with Crippen molar-refractivity contribution in [3.05, 3.63) is 96.1 Å². The van der Waals surface area contributed by atoms with Crippen molar-refractivity contribution in [1.29, 1.82) is 0 Å². The molecule has 0 spiro atoms. The van der Waals surface area contributed by atoms with Gasteiger partial charge in [0.05, 0.1) is 23.5 Å². The zero-order valence-corrected chi connectivity index (χ0v) is 13.1. The highest BCUT2D eigenvalue weighted by molar-refractivity contribution is 6.17. The van der Waals surface area contributed by atoms with E-state index in [4.69, 9.17) is 4.99 Å². The Hall–Kier alpha value is -3.20. The predicted molar refractivity (Wildman–Crippen MR) is 97.2 cm³/mol. The fraction of sp³-hybridized carbons (Fsp3) is 0.0476. The van der Waals surface area contributed by atoms with Gasteiger partial charge in [0.1, 0.15) is 0 Å². The maximum atomic E-state index is 13.1. The van der Waals surface area contributed by atoms with Gasteiger partial charge in [-0.3, -0.25) is 9.79 Å². The van der Waals surface area contributed by atoms with Crippen LogP contribution in [0.3, 0.4) is 0 Å². The van der Waals surface area contributed by atoms with Gasteiger partial charge in [0.2, 0.25) is 0 Å². The number of benzene rings is 3. The Morgan fingerprint density at radius 2 is 1.38 bits per heavy atom. The molecule has 0 aliphatic carbocycles. The van der Waals surface area contributed by atoms with Gasteiger partial charge in [-0.15, -0.1) is 0 Å². The van der Waals surface area contributed by atoms with Crippen molar-refractivity contribution in [2.24, 2.45) is 4.99 Å². The molecule has 1 heterocycles. The minimum Gasteiger partial charge on any atom is -0.302 e. The van der Waals surface area contributed by atoms with E-state index in [9.17, 15) is 4.79 Å². The smallest absolute Gasteiger partial charge is 0.260 e. The SMILES string of the molecule is O=C1c2ccccc2N=C(c2ccccc2)CN1c1ccccc1. The van der Waals surface area contributed by atoms with Crippen LogP contribution >= 0.6 is 0 Å². The summed E-state index contributed by atoms with van der Waals surface area (Å²) in [6.07, 6.45) is 0. The predicted octanol–water partition coefficient (Wildman–Crippen LogP) is 4.47. The van der Waals surface area contributed by atoms with E-state index in [-0.39, 0.29) is 5.91 Å². The highest BCUT2D eigenvalue weighted by Crippen LogP contribution is 2.28. The molecule has 0 radical (unpaired) electrons. The molecule has 0 saturated heterocycles. The number of carbonyl (C=O) groups is 1. The lowest BCUT2D eigenvalue weighted by atomic mass is 10.1. The van der Waals surface area contributed by atoms with E-state index in [1.54, 1.807) is 4.90 Å². The van der Waals surface area contributed by atoms with Gasteiger partial charge in [-0.2, -0.15) is 0 Å². The summed E-state index contributed by atoms with van der Waals surface area (Å²) in [6, 6.07) is 27.3. The maximum Gasteiger partial charge on any atom is 0.260 e. The number of hydrogen-bond acceptors (Lipinski definition) is 2. The number of rotatable bonds is 2. The summed E-state index contributed by atoms with van der Waals surface area (Å²) < 4.78 is 0. The number of fused-ring (bicyclic) bond motifs is 1. The van der Waals surface area contributed by atoms with Crippen LogP contribution in [0.5, 0.6) is 0 Å². The summed E-state index contributed by atoms with van der Waals surface area (Å²) in [5.74, 6) is -0.0218. The molecule has 24 heavy (non-hydrogen) atoms. The van der Waals surface area contributed by atoms with E-state index in [0.29, 0.717) is 12.1 Å². The average molecular weight is 312 g/mol. The Labute approximate surface area is 140 Å². The summed E-state index contributed by atoms with van der Waals surface area (Å²) >= 11 is 0. The minimum atomic E-state index is -0.0218. The topological polar surface area (TPSA) is 32.7 Å². The molecule has 1 aliphatic heterocycles. The monoisotopic (exact) mass is 312 g/mol. The van der Waals surface area contributed by atoms with Crippen molar-refractivity contribution in [3.63, 3.8) is 0 Å². The first kappa shape index (κ1) is 14.4. The molecular weight excluding hydrogens is 296 g/mol. The molecule has 3 heteroatoms. The molecule has 0 saturated carbocycles. The van der Waals surface area contributed by atoms with E-state index in [2.05, 4.69) is 0 Å². The first-order valence-electron chi connectivity index (χ1n) is 7.92. The van der Waals surface area contributed by atoms with Crippen LogP contribution in [0.1, 0.15) is 15.9 Å². The third-order valence-electron chi connectivity index (χ3n) is 4.12. The van der Waals surface area contributed by atoms with Crippen LogP contribution in [0.15, 0.2) is 89.9 Å². The molecule has 1 aliphatic rings. The average Bonchev–Trinajstić information content (AvgIpc) is 2.80. The van der Waals surface area contributed by atoms with E-state index in [0.717, 1.165) is 22.6 Å². The van der Waals surface area contributed by atoms with Gasteiger partial charge < -0.3 is 4.90 Å². The lowest BCUT2D eigenvalue weighted by Gasteiger charge is -2.22. The number of anilines is 1. The lowest BCUT2D eigenvalue weighted by molar-refractivity contribution is 0.0992. The number of nitrogens with zero attached hydrogens (tertiary/aromatic N) is 2. The summed E-state index contributed by atoms with van der Waals surface area (Å²) in [7, 11) is 0. The molecule has 1 amide bonds. The molecule has 0 fully saturated rings. The first-order chi connectivity index (χ1) is 11.8. The lowest BCUT2D eigenvalue weighted by Crippen LogP contribution is -2.34. The molecule has 3 aromatic rings. The van der Waals surface area contributed by atoms with E-state index in [1.165, 1.54) is 0 Å². The largest absolute Gasteiger partial charge is 0.302 e. The Morgan fingerprint density at radius 3 is 2.12 bits per heavy atom. The van der Waals surface area contributed by atoms with Crippen molar-refractivity contribution in [2.75, 3.05) is 11.4 Å². The Kier molecular flexibility index (Phi) is 3.67. The van der Waals surface area contributed by atoms with Crippen molar-refractivity contribution in [1.82, 2.24) is 0 Å². The summed E-state index contributed by atoms with van der Waals surface area (Å²) in [5, 5.41) is 0. The van der Waals surface area contributed by atoms with Crippen LogP contribution in [0.4, 0.5) is 11.4 Å². The number of hydrogen-bond donors (Lipinski definition) is 0. The molecule has 116 valence electrons. The van der Waals surface area contributed by atoms with E-state index < -0.39 is 0 Å². The Morgan fingerprint density at radius 1 is 0.750 bits per heavy atom. The maximum absolute atomic E-state index is 13.1. The Balaban J connectivity index is 1.87. The van der Waals surface area contributed by atoms with Gasteiger partial charge in [0.15, 0.2) is 0 Å². The molecule has 0 unspecified atom stereocenters. The van der Waals surface area contributed by atoms with Crippen LogP contribution in [-0.2, 0) is 0 Å². The van der Waals surface area contributed by atoms with Crippen molar-refractivity contribution >= 4 is 23.0 Å². The van der Waals surface area contributed by atoms with Crippen molar-refractivity contribution < 1.29 is 4.79 Å². The third-order valence-corrected chi connectivity index (χ3v) is 4.12. The summed E-state index contributed by atoms with van der Waals surface area (Å²) in [5.41, 5.74) is 4.15.